The van der Waals surface area contributed by atoms with Crippen molar-refractivity contribution in [1.82, 2.24) is 19.9 Å². The first kappa shape index (κ1) is 17.1. The lowest BCUT2D eigenvalue weighted by Gasteiger charge is -2.26. The molecule has 134 valence electrons. The molecule has 3 heterocycles. The number of nitrogens with zero attached hydrogens (tertiary/aromatic N) is 4. The lowest BCUT2D eigenvalue weighted by molar-refractivity contribution is 0.0718. The Hall–Kier alpha value is -3.33. The van der Waals surface area contributed by atoms with E-state index in [9.17, 15) is 9.18 Å². The molecule has 2 aromatic heterocycles. The number of rotatable bonds is 1. The number of aromatic nitrogens is 3. The van der Waals surface area contributed by atoms with Crippen molar-refractivity contribution in [3.63, 3.8) is 0 Å². The predicted molar refractivity (Wildman–Crippen MR) is 99.5 cm³/mol. The smallest absolute Gasteiger partial charge is 0.274 e. The van der Waals surface area contributed by atoms with Crippen molar-refractivity contribution in [3.05, 3.63) is 65.4 Å². The van der Waals surface area contributed by atoms with Gasteiger partial charge in [0, 0.05) is 30.4 Å². The minimum atomic E-state index is -0.324. The number of carbonyl (C=O) groups is 1. The largest absolute Gasteiger partial charge is 0.337 e. The van der Waals surface area contributed by atoms with Crippen LogP contribution in [0.3, 0.4) is 0 Å². The molecule has 4 rings (SSSR count). The fraction of sp³-hybridized carbons (Fsp3) is 0.238. The van der Waals surface area contributed by atoms with Crippen LogP contribution in [0.4, 0.5) is 4.39 Å². The van der Waals surface area contributed by atoms with Crippen molar-refractivity contribution in [1.29, 1.82) is 0 Å². The molecule has 1 saturated heterocycles. The van der Waals surface area contributed by atoms with E-state index >= 15 is 0 Å². The molecule has 3 aromatic rings. The number of piperidine rings is 1. The summed E-state index contributed by atoms with van der Waals surface area (Å²) in [6.45, 7) is 1.53. The second-order valence-electron chi connectivity index (χ2n) is 6.44. The number of halogens is 1. The number of hydrogen-bond acceptors (Lipinski definition) is 4. The van der Waals surface area contributed by atoms with Crippen molar-refractivity contribution >= 4 is 17.1 Å². The molecular weight excluding hydrogens is 343 g/mol. The van der Waals surface area contributed by atoms with Gasteiger partial charge in [0.1, 0.15) is 17.0 Å². The summed E-state index contributed by atoms with van der Waals surface area (Å²) in [6.07, 6.45) is 6.29. The van der Waals surface area contributed by atoms with E-state index in [1.807, 2.05) is 4.90 Å². The van der Waals surface area contributed by atoms with Crippen molar-refractivity contribution in [2.75, 3.05) is 13.1 Å². The average Bonchev–Trinajstić information content (AvgIpc) is 2.72. The average molecular weight is 360 g/mol. The van der Waals surface area contributed by atoms with Gasteiger partial charge < -0.3 is 4.90 Å². The molecule has 0 bridgehead atoms. The number of carbonyl (C=O) groups excluding carboxylic acids is 1. The highest BCUT2D eigenvalue weighted by Crippen LogP contribution is 2.14. The highest BCUT2D eigenvalue weighted by molar-refractivity contribution is 5.93. The number of pyridine rings is 1. The quantitative estimate of drug-likeness (QED) is 0.626. The van der Waals surface area contributed by atoms with Gasteiger partial charge >= 0.3 is 0 Å². The molecule has 0 N–H and O–H groups in total. The van der Waals surface area contributed by atoms with Crippen LogP contribution in [0.2, 0.25) is 0 Å². The fourth-order valence-electron chi connectivity index (χ4n) is 3.04. The third kappa shape index (κ3) is 3.93. The highest BCUT2D eigenvalue weighted by Gasteiger charge is 2.20. The Bertz CT molecular complexity index is 1060. The van der Waals surface area contributed by atoms with Gasteiger partial charge in [0.15, 0.2) is 5.65 Å². The summed E-state index contributed by atoms with van der Waals surface area (Å²) in [5.74, 6) is 5.43. The Kier molecular flexibility index (Phi) is 4.75. The molecule has 1 aliphatic rings. The molecule has 1 amide bonds. The van der Waals surface area contributed by atoms with Gasteiger partial charge in [0.05, 0.1) is 6.20 Å². The van der Waals surface area contributed by atoms with Crippen LogP contribution in [0.5, 0.6) is 0 Å². The van der Waals surface area contributed by atoms with E-state index in [4.69, 9.17) is 0 Å². The molecule has 6 heteroatoms. The van der Waals surface area contributed by atoms with Gasteiger partial charge in [-0.2, -0.15) is 0 Å². The second kappa shape index (κ2) is 7.50. The zero-order valence-electron chi connectivity index (χ0n) is 14.7. The SMILES string of the molecule is O=C(c1cnc2cc(C#Cc3cccc(F)c3)cnc2n1)N1CCCCC1. The molecular formula is C21H17FN4O. The first-order valence-electron chi connectivity index (χ1n) is 8.89. The monoisotopic (exact) mass is 360 g/mol. The number of hydrogen-bond donors (Lipinski definition) is 0. The topological polar surface area (TPSA) is 59.0 Å². The molecule has 0 atom stereocenters. The molecule has 0 saturated carbocycles. The Balaban J connectivity index is 1.58. The second-order valence-corrected chi connectivity index (χ2v) is 6.44. The zero-order valence-corrected chi connectivity index (χ0v) is 14.7. The normalized spacial score (nSPS) is 13.9. The maximum Gasteiger partial charge on any atom is 0.274 e. The third-order valence-corrected chi connectivity index (χ3v) is 4.44. The lowest BCUT2D eigenvalue weighted by atomic mass is 10.1. The van der Waals surface area contributed by atoms with Crippen LogP contribution in [0.1, 0.15) is 40.9 Å². The van der Waals surface area contributed by atoms with E-state index in [0.717, 1.165) is 32.4 Å². The molecule has 0 spiro atoms. The highest BCUT2D eigenvalue weighted by atomic mass is 19.1. The summed E-state index contributed by atoms with van der Waals surface area (Å²) >= 11 is 0. The molecule has 1 aliphatic heterocycles. The summed E-state index contributed by atoms with van der Waals surface area (Å²) in [6, 6.07) is 7.87. The van der Waals surface area contributed by atoms with E-state index in [2.05, 4.69) is 26.8 Å². The van der Waals surface area contributed by atoms with Crippen LogP contribution in [-0.4, -0.2) is 38.8 Å². The minimum absolute atomic E-state index is 0.0964. The van der Waals surface area contributed by atoms with Crippen molar-refractivity contribution in [2.24, 2.45) is 0 Å². The van der Waals surface area contributed by atoms with Crippen molar-refractivity contribution in [3.8, 4) is 11.8 Å². The molecule has 27 heavy (non-hydrogen) atoms. The van der Waals surface area contributed by atoms with Crippen LogP contribution in [0, 0.1) is 17.7 Å². The first-order valence-corrected chi connectivity index (χ1v) is 8.89. The van der Waals surface area contributed by atoms with Crippen LogP contribution in [0.15, 0.2) is 42.7 Å². The fourth-order valence-corrected chi connectivity index (χ4v) is 3.04. The van der Waals surface area contributed by atoms with Gasteiger partial charge in [-0.3, -0.25) is 9.78 Å². The van der Waals surface area contributed by atoms with Gasteiger partial charge in [0.2, 0.25) is 0 Å². The maximum absolute atomic E-state index is 13.2. The third-order valence-electron chi connectivity index (χ3n) is 4.44. The summed E-state index contributed by atoms with van der Waals surface area (Å²) < 4.78 is 13.2. The molecule has 0 aliphatic carbocycles. The van der Waals surface area contributed by atoms with E-state index in [1.165, 1.54) is 18.3 Å². The van der Waals surface area contributed by atoms with Crippen LogP contribution < -0.4 is 0 Å². The predicted octanol–water partition coefficient (Wildman–Crippen LogP) is 3.19. The van der Waals surface area contributed by atoms with E-state index < -0.39 is 0 Å². The number of likely N-dealkylation sites (tertiary alicyclic amines) is 1. The van der Waals surface area contributed by atoms with Gasteiger partial charge in [-0.05, 0) is 43.5 Å². The van der Waals surface area contributed by atoms with Gasteiger partial charge in [-0.25, -0.2) is 14.4 Å². The molecule has 0 unspecified atom stereocenters. The number of amides is 1. The van der Waals surface area contributed by atoms with Crippen molar-refractivity contribution in [2.45, 2.75) is 19.3 Å². The molecule has 5 nitrogen and oxygen atoms in total. The van der Waals surface area contributed by atoms with Gasteiger partial charge in [-0.15, -0.1) is 0 Å². The van der Waals surface area contributed by atoms with Gasteiger partial charge in [-0.1, -0.05) is 17.9 Å². The van der Waals surface area contributed by atoms with E-state index in [1.54, 1.807) is 24.4 Å². The van der Waals surface area contributed by atoms with E-state index in [-0.39, 0.29) is 11.7 Å². The summed E-state index contributed by atoms with van der Waals surface area (Å²) in [5, 5.41) is 0. The lowest BCUT2D eigenvalue weighted by Crippen LogP contribution is -2.36. The zero-order chi connectivity index (χ0) is 18.6. The maximum atomic E-state index is 13.2. The van der Waals surface area contributed by atoms with Crippen LogP contribution in [-0.2, 0) is 0 Å². The van der Waals surface area contributed by atoms with Crippen molar-refractivity contribution < 1.29 is 9.18 Å². The number of fused-ring (bicyclic) bond motifs is 1. The Morgan fingerprint density at radius 2 is 1.81 bits per heavy atom. The minimum Gasteiger partial charge on any atom is -0.337 e. The summed E-state index contributed by atoms with van der Waals surface area (Å²) in [7, 11) is 0. The standard InChI is InChI=1S/C21H17FN4O/c22-17-6-4-5-15(11-17)7-8-16-12-18-20(24-13-16)25-19(14-23-18)21(27)26-9-2-1-3-10-26/h4-6,11-14H,1-3,9-10H2. The number of benzene rings is 1. The molecule has 1 fully saturated rings. The molecule has 1 aromatic carbocycles. The Morgan fingerprint density at radius 1 is 1.00 bits per heavy atom. The Labute approximate surface area is 156 Å². The van der Waals surface area contributed by atoms with Gasteiger partial charge in [0.25, 0.3) is 5.91 Å². The summed E-state index contributed by atoms with van der Waals surface area (Å²) in [5.41, 5.74) is 2.53. The van der Waals surface area contributed by atoms with Crippen LogP contribution >= 0.6 is 0 Å². The van der Waals surface area contributed by atoms with E-state index in [0.29, 0.717) is 28.0 Å². The summed E-state index contributed by atoms with van der Waals surface area (Å²) in [4.78, 5) is 27.3. The molecule has 0 radical (unpaired) electrons. The van der Waals surface area contributed by atoms with Crippen LogP contribution in [0.25, 0.3) is 11.2 Å². The first-order chi connectivity index (χ1) is 13.2. The Morgan fingerprint density at radius 3 is 2.63 bits per heavy atom.